The lowest BCUT2D eigenvalue weighted by Crippen LogP contribution is -2.49. The average Bonchev–Trinajstić information content (AvgIpc) is 3.22. The smallest absolute Gasteiger partial charge is 0.355 e. The molecule has 1 aromatic carbocycles. The predicted octanol–water partition coefficient (Wildman–Crippen LogP) is 2.09. The molecule has 2 aromatic heterocycles. The molecule has 0 fully saturated rings. The van der Waals surface area contributed by atoms with E-state index in [9.17, 15) is 14.4 Å². The van der Waals surface area contributed by atoms with Crippen LogP contribution < -0.4 is 17.0 Å². The maximum Gasteiger partial charge on any atom is 0.355 e. The van der Waals surface area contributed by atoms with E-state index in [0.717, 1.165) is 22.9 Å². The van der Waals surface area contributed by atoms with Crippen molar-refractivity contribution in [3.05, 3.63) is 63.4 Å². The summed E-state index contributed by atoms with van der Waals surface area (Å²) in [7, 11) is 0. The Bertz CT molecular complexity index is 1400. The lowest BCUT2D eigenvalue weighted by molar-refractivity contribution is -0.190. The molecule has 9 nitrogen and oxygen atoms in total. The van der Waals surface area contributed by atoms with Gasteiger partial charge in [-0.15, -0.1) is 0 Å². The molecule has 35 heavy (non-hydrogen) atoms. The summed E-state index contributed by atoms with van der Waals surface area (Å²) in [5, 5.41) is 0.982. The molecule has 0 radical (unpaired) electrons. The van der Waals surface area contributed by atoms with Crippen LogP contribution in [0.5, 0.6) is 0 Å². The van der Waals surface area contributed by atoms with Gasteiger partial charge in [0.15, 0.2) is 0 Å². The van der Waals surface area contributed by atoms with Gasteiger partial charge in [-0.05, 0) is 44.0 Å². The average molecular weight is 477 g/mol. The number of benzene rings is 1. The second-order valence-corrected chi connectivity index (χ2v) is 9.07. The quantitative estimate of drug-likeness (QED) is 0.305. The molecule has 2 atom stereocenters. The monoisotopic (exact) mass is 476 g/mol. The van der Waals surface area contributed by atoms with Crippen LogP contribution in [0.3, 0.4) is 0 Å². The fraction of sp³-hybridized carbons (Fsp3) is 0.385. The third-order valence-corrected chi connectivity index (χ3v) is 6.93. The van der Waals surface area contributed by atoms with Gasteiger partial charge >= 0.3 is 11.9 Å². The largest absolute Gasteiger partial charge is 0.457 e. The Morgan fingerprint density at radius 2 is 2.06 bits per heavy atom. The van der Waals surface area contributed by atoms with Gasteiger partial charge in [0.05, 0.1) is 29.0 Å². The van der Waals surface area contributed by atoms with E-state index in [1.165, 1.54) is 0 Å². The summed E-state index contributed by atoms with van der Waals surface area (Å²) in [6.45, 7) is 2.41. The highest BCUT2D eigenvalue weighted by atomic mass is 16.6. The summed E-state index contributed by atoms with van der Waals surface area (Å²) in [4.78, 5) is 44.3. The summed E-state index contributed by atoms with van der Waals surface area (Å²) in [6, 6.07) is 10.6. The van der Waals surface area contributed by atoms with E-state index < -0.39 is 23.6 Å². The minimum absolute atomic E-state index is 0.0982. The van der Waals surface area contributed by atoms with E-state index in [1.807, 2.05) is 30.3 Å². The lowest BCUT2D eigenvalue weighted by Gasteiger charge is -2.36. The molecule has 0 saturated heterocycles. The van der Waals surface area contributed by atoms with Gasteiger partial charge in [-0.2, -0.15) is 0 Å². The fourth-order valence-electron chi connectivity index (χ4n) is 4.96. The molecule has 2 aliphatic rings. The Morgan fingerprint density at radius 3 is 2.83 bits per heavy atom. The number of unbranched alkanes of at least 4 members (excludes halogenated alkanes) is 1. The number of carbonyl (C=O) groups is 2. The SMILES string of the molecule is CC[C@@]1(OC(=O)[C@@H](N)CCCCN)C(=O)OCc2c1cc1n(c2=O)Cc2cc3ccccc3nc2-1. The normalized spacial score (nSPS) is 19.0. The Labute approximate surface area is 202 Å². The van der Waals surface area contributed by atoms with Crippen molar-refractivity contribution in [2.75, 3.05) is 6.54 Å². The highest BCUT2D eigenvalue weighted by Crippen LogP contribution is 2.41. The van der Waals surface area contributed by atoms with Crippen LogP contribution >= 0.6 is 0 Å². The Morgan fingerprint density at radius 1 is 1.26 bits per heavy atom. The molecule has 9 heteroatoms. The Balaban J connectivity index is 1.60. The van der Waals surface area contributed by atoms with E-state index in [1.54, 1.807) is 17.6 Å². The number of fused-ring (bicyclic) bond motifs is 5. The van der Waals surface area contributed by atoms with E-state index in [0.29, 0.717) is 48.4 Å². The van der Waals surface area contributed by atoms with Crippen LogP contribution in [0.4, 0.5) is 0 Å². The second kappa shape index (κ2) is 8.90. The number of nitrogens with two attached hydrogens (primary N) is 2. The van der Waals surface area contributed by atoms with Gasteiger partial charge in [0, 0.05) is 16.5 Å². The summed E-state index contributed by atoms with van der Waals surface area (Å²) in [6.07, 6.45) is 1.88. The molecule has 5 rings (SSSR count). The highest BCUT2D eigenvalue weighted by molar-refractivity contribution is 5.89. The molecule has 2 aliphatic heterocycles. The Kier molecular flexibility index (Phi) is 5.90. The topological polar surface area (TPSA) is 140 Å². The summed E-state index contributed by atoms with van der Waals surface area (Å²) in [5.74, 6) is -1.41. The molecule has 3 aromatic rings. The molecule has 0 unspecified atom stereocenters. The van der Waals surface area contributed by atoms with E-state index >= 15 is 0 Å². The summed E-state index contributed by atoms with van der Waals surface area (Å²) >= 11 is 0. The van der Waals surface area contributed by atoms with Crippen molar-refractivity contribution in [3.63, 3.8) is 0 Å². The molecule has 4 N–H and O–H groups in total. The number of rotatable bonds is 7. The van der Waals surface area contributed by atoms with Crippen molar-refractivity contribution < 1.29 is 19.1 Å². The maximum absolute atomic E-state index is 13.5. The van der Waals surface area contributed by atoms with Crippen LogP contribution in [0.1, 0.15) is 49.3 Å². The molecule has 4 heterocycles. The molecule has 0 amide bonds. The first kappa shape index (κ1) is 23.2. The number of hydrogen-bond acceptors (Lipinski definition) is 8. The van der Waals surface area contributed by atoms with Crippen LogP contribution in [-0.4, -0.2) is 34.1 Å². The summed E-state index contributed by atoms with van der Waals surface area (Å²) in [5.41, 5.74) is 13.2. The molecule has 0 aliphatic carbocycles. The first-order chi connectivity index (χ1) is 16.9. The van der Waals surface area contributed by atoms with Crippen molar-refractivity contribution >= 4 is 22.8 Å². The molecule has 0 bridgehead atoms. The van der Waals surface area contributed by atoms with Crippen LogP contribution in [-0.2, 0) is 37.8 Å². The van der Waals surface area contributed by atoms with E-state index in [-0.39, 0.29) is 18.6 Å². The minimum atomic E-state index is -1.75. The van der Waals surface area contributed by atoms with Crippen LogP contribution in [0.2, 0.25) is 0 Å². The van der Waals surface area contributed by atoms with Crippen molar-refractivity contribution in [1.82, 2.24) is 9.55 Å². The zero-order valence-electron chi connectivity index (χ0n) is 19.6. The molecular weight excluding hydrogens is 448 g/mol. The van der Waals surface area contributed by atoms with Crippen LogP contribution in [0, 0.1) is 0 Å². The molecule has 182 valence electrons. The summed E-state index contributed by atoms with van der Waals surface area (Å²) < 4.78 is 12.8. The number of pyridine rings is 2. The number of cyclic esters (lactones) is 1. The van der Waals surface area contributed by atoms with Gasteiger partial charge in [-0.25, -0.2) is 9.78 Å². The number of nitrogens with zero attached hydrogens (tertiary/aromatic N) is 2. The van der Waals surface area contributed by atoms with Gasteiger partial charge in [0.1, 0.15) is 12.6 Å². The zero-order valence-corrected chi connectivity index (χ0v) is 19.6. The van der Waals surface area contributed by atoms with Crippen molar-refractivity contribution in [1.29, 1.82) is 0 Å². The van der Waals surface area contributed by atoms with E-state index in [4.69, 9.17) is 25.9 Å². The van der Waals surface area contributed by atoms with Gasteiger partial charge in [0.25, 0.3) is 5.56 Å². The van der Waals surface area contributed by atoms with Gasteiger partial charge in [-0.3, -0.25) is 9.59 Å². The van der Waals surface area contributed by atoms with Crippen molar-refractivity contribution in [2.24, 2.45) is 11.5 Å². The number of carbonyl (C=O) groups excluding carboxylic acids is 2. The maximum atomic E-state index is 13.5. The fourth-order valence-corrected chi connectivity index (χ4v) is 4.96. The van der Waals surface area contributed by atoms with Crippen LogP contribution in [0.25, 0.3) is 22.3 Å². The third kappa shape index (κ3) is 3.71. The Hall–Kier alpha value is -3.56. The predicted molar refractivity (Wildman–Crippen MR) is 129 cm³/mol. The first-order valence-electron chi connectivity index (χ1n) is 11.9. The minimum Gasteiger partial charge on any atom is -0.457 e. The number of aromatic nitrogens is 2. The van der Waals surface area contributed by atoms with Gasteiger partial charge in [0.2, 0.25) is 5.60 Å². The van der Waals surface area contributed by atoms with Gasteiger partial charge < -0.3 is 25.5 Å². The van der Waals surface area contributed by atoms with E-state index in [2.05, 4.69) is 0 Å². The van der Waals surface area contributed by atoms with Gasteiger partial charge in [-0.1, -0.05) is 31.5 Å². The number of hydrogen-bond donors (Lipinski definition) is 2. The van der Waals surface area contributed by atoms with Crippen LogP contribution in [0.15, 0.2) is 41.2 Å². The standard InChI is InChI=1S/C26H28N4O5/c1-2-26(35-24(32)19(28)8-5-6-10-27)18-12-21-22-16(11-15-7-3-4-9-20(15)29-22)13-30(21)23(31)17(18)14-34-25(26)33/h3-4,7,9,11-12,19H,2,5-6,8,10,13-14,27-28H2,1H3/t19-,26-/m0/s1. The first-order valence-corrected chi connectivity index (χ1v) is 11.9. The second-order valence-electron chi connectivity index (χ2n) is 9.07. The third-order valence-electron chi connectivity index (χ3n) is 6.93. The number of para-hydroxylation sites is 1. The molecule has 0 spiro atoms. The molecular formula is C26H28N4O5. The highest BCUT2D eigenvalue weighted by Gasteiger charge is 2.50. The lowest BCUT2D eigenvalue weighted by atomic mass is 9.85. The number of ether oxygens (including phenoxy) is 2. The van der Waals surface area contributed by atoms with Crippen molar-refractivity contribution in [2.45, 2.75) is 57.4 Å². The van der Waals surface area contributed by atoms with Crippen molar-refractivity contribution in [3.8, 4) is 11.4 Å². The zero-order chi connectivity index (χ0) is 24.7. The molecule has 0 saturated carbocycles. The number of esters is 2.